The highest BCUT2D eigenvalue weighted by Crippen LogP contribution is 2.40. The van der Waals surface area contributed by atoms with Crippen LogP contribution in [0.1, 0.15) is 37.5 Å². The Morgan fingerprint density at radius 1 is 0.659 bits per heavy atom. The number of aromatic hydroxyl groups is 1. The predicted octanol–water partition coefficient (Wildman–Crippen LogP) is 7.19. The number of hydrogen-bond acceptors (Lipinski definition) is 9. The first-order valence-electron chi connectivity index (χ1n) is 14.1. The number of hydrogen-bond donors (Lipinski definition) is 1. The molecule has 0 amide bonds. The van der Waals surface area contributed by atoms with Gasteiger partial charge in [0.25, 0.3) is 0 Å². The van der Waals surface area contributed by atoms with Gasteiger partial charge in [0, 0.05) is 34.9 Å². The maximum atomic E-state index is 9.58. The topological polar surface area (TPSA) is 94.1 Å². The Morgan fingerprint density at radius 2 is 1.18 bits per heavy atom. The van der Waals surface area contributed by atoms with Crippen molar-refractivity contribution in [2.24, 2.45) is 0 Å². The van der Waals surface area contributed by atoms with Gasteiger partial charge in [-0.05, 0) is 57.2 Å². The second kappa shape index (κ2) is 14.0. The van der Waals surface area contributed by atoms with E-state index in [0.717, 1.165) is 45.4 Å². The van der Waals surface area contributed by atoms with Gasteiger partial charge in [0.15, 0.2) is 34.5 Å². The molecule has 0 saturated heterocycles. The predicted molar refractivity (Wildman–Crippen MR) is 171 cm³/mol. The van der Waals surface area contributed by atoms with Crippen LogP contribution in [-0.4, -0.2) is 59.0 Å². The Labute approximate surface area is 258 Å². The molecule has 1 unspecified atom stereocenters. The molecule has 0 fully saturated rings. The van der Waals surface area contributed by atoms with E-state index in [-0.39, 0.29) is 17.5 Å². The van der Waals surface area contributed by atoms with Crippen LogP contribution in [-0.2, 0) is 0 Å². The molecule has 3 aliphatic rings. The molecule has 0 aliphatic carbocycles. The fourth-order valence-corrected chi connectivity index (χ4v) is 4.59. The van der Waals surface area contributed by atoms with Crippen LogP contribution in [0.5, 0.6) is 51.7 Å². The maximum Gasteiger partial charge on any atom is 0.164 e. The van der Waals surface area contributed by atoms with Crippen molar-refractivity contribution in [2.75, 3.05) is 42.2 Å². The van der Waals surface area contributed by atoms with Gasteiger partial charge >= 0.3 is 0 Å². The molecule has 0 aromatic heterocycles. The third kappa shape index (κ3) is 7.53. The fraction of sp³-hybridized carbons (Fsp3) is 0.314. The molecule has 234 valence electrons. The standard InChI is InChI=1S/2C12H14O3.C11H12O3/c1-12(2)5-4-8-6-9(13)11(14-3)7-10(8)15-12;1-8-4-5-9-6-11(13-2)12(14-3)7-10(9)15-8;1-12-10-6-8-4-3-5-14-9(8)7-11(10)13-2/h4-7,13H,1-3H3;4-8H,1-3H3;3-4,6-7H,5H2,1-2H3. The Morgan fingerprint density at radius 3 is 1.80 bits per heavy atom. The number of phenols is 1. The van der Waals surface area contributed by atoms with Crippen LogP contribution in [0.3, 0.4) is 0 Å². The van der Waals surface area contributed by atoms with Crippen LogP contribution in [0.2, 0.25) is 0 Å². The second-order valence-electron chi connectivity index (χ2n) is 10.5. The third-order valence-corrected chi connectivity index (χ3v) is 6.87. The molecule has 0 bridgehead atoms. The van der Waals surface area contributed by atoms with Crippen molar-refractivity contribution in [1.29, 1.82) is 0 Å². The van der Waals surface area contributed by atoms with E-state index >= 15 is 0 Å². The van der Waals surface area contributed by atoms with Crippen molar-refractivity contribution in [3.05, 3.63) is 71.3 Å². The highest BCUT2D eigenvalue weighted by Gasteiger charge is 2.23. The van der Waals surface area contributed by atoms with Gasteiger partial charge in [-0.3, -0.25) is 0 Å². The summed E-state index contributed by atoms with van der Waals surface area (Å²) in [5, 5.41) is 9.58. The van der Waals surface area contributed by atoms with E-state index in [1.165, 1.54) is 7.11 Å². The minimum atomic E-state index is -0.311. The number of benzene rings is 3. The summed E-state index contributed by atoms with van der Waals surface area (Å²) in [4.78, 5) is 0. The van der Waals surface area contributed by atoms with Crippen molar-refractivity contribution in [3.8, 4) is 51.7 Å². The van der Waals surface area contributed by atoms with Crippen LogP contribution in [0.4, 0.5) is 0 Å². The summed E-state index contributed by atoms with van der Waals surface area (Å²) in [6.45, 7) is 6.57. The molecule has 44 heavy (non-hydrogen) atoms. The van der Waals surface area contributed by atoms with Gasteiger partial charge in [0.2, 0.25) is 0 Å². The minimum absolute atomic E-state index is 0.107. The van der Waals surface area contributed by atoms with Crippen LogP contribution in [0.25, 0.3) is 18.2 Å². The summed E-state index contributed by atoms with van der Waals surface area (Å²) in [7, 11) is 8.00. The first kappa shape index (κ1) is 32.0. The maximum absolute atomic E-state index is 9.58. The average molecular weight is 605 g/mol. The molecular weight excluding hydrogens is 564 g/mol. The van der Waals surface area contributed by atoms with E-state index in [0.29, 0.717) is 23.9 Å². The summed E-state index contributed by atoms with van der Waals surface area (Å²) in [6.07, 6.45) is 12.0. The van der Waals surface area contributed by atoms with Crippen LogP contribution in [0, 0.1) is 0 Å². The highest BCUT2D eigenvalue weighted by molar-refractivity contribution is 5.67. The summed E-state index contributed by atoms with van der Waals surface area (Å²) >= 11 is 0. The Hall–Kier alpha value is -4.92. The van der Waals surface area contributed by atoms with Crippen LogP contribution in [0.15, 0.2) is 54.6 Å². The van der Waals surface area contributed by atoms with Gasteiger partial charge in [-0.1, -0.05) is 18.2 Å². The quantitative estimate of drug-likeness (QED) is 0.325. The highest BCUT2D eigenvalue weighted by atomic mass is 16.5. The monoisotopic (exact) mass is 604 g/mol. The lowest BCUT2D eigenvalue weighted by Gasteiger charge is -2.28. The molecule has 0 spiro atoms. The first-order valence-corrected chi connectivity index (χ1v) is 14.1. The van der Waals surface area contributed by atoms with E-state index in [2.05, 4.69) is 0 Å². The van der Waals surface area contributed by atoms with Crippen molar-refractivity contribution in [1.82, 2.24) is 0 Å². The van der Waals surface area contributed by atoms with Gasteiger partial charge in [0.05, 0.1) is 35.5 Å². The smallest absolute Gasteiger partial charge is 0.164 e. The lowest BCUT2D eigenvalue weighted by molar-refractivity contribution is 0.158. The summed E-state index contributed by atoms with van der Waals surface area (Å²) in [6, 6.07) is 10.9. The van der Waals surface area contributed by atoms with E-state index in [9.17, 15) is 5.11 Å². The Kier molecular flexibility index (Phi) is 10.2. The number of fused-ring (bicyclic) bond motifs is 3. The average Bonchev–Trinajstić information content (AvgIpc) is 3.03. The molecule has 9 nitrogen and oxygen atoms in total. The molecule has 1 N–H and O–H groups in total. The summed E-state index contributed by atoms with van der Waals surface area (Å²) in [5.41, 5.74) is 2.60. The van der Waals surface area contributed by atoms with Crippen LogP contribution >= 0.6 is 0 Å². The van der Waals surface area contributed by atoms with E-state index < -0.39 is 0 Å². The molecule has 1 atom stereocenters. The van der Waals surface area contributed by atoms with Gasteiger partial charge in [-0.25, -0.2) is 0 Å². The SMILES string of the molecule is COc1cc2c(cc1O)C=CC(C)(C)O2.COc1cc2c(cc1OC)OC(C)C=C2.COc1cc2c(cc1OC)OCC=C2. The van der Waals surface area contributed by atoms with Crippen LogP contribution < -0.4 is 37.9 Å². The Bertz CT molecular complexity index is 1550. The molecule has 9 heteroatoms. The zero-order valence-corrected chi connectivity index (χ0v) is 26.4. The molecular formula is C35H40O9. The van der Waals surface area contributed by atoms with E-state index in [4.69, 9.17) is 37.9 Å². The van der Waals surface area contributed by atoms with Crippen molar-refractivity contribution < 1.29 is 43.0 Å². The number of rotatable bonds is 5. The van der Waals surface area contributed by atoms with E-state index in [1.807, 2.05) is 81.5 Å². The number of phenolic OH excluding ortho intramolecular Hbond substituents is 1. The second-order valence-corrected chi connectivity index (χ2v) is 10.5. The molecule has 0 saturated carbocycles. The normalized spacial score (nSPS) is 16.0. The summed E-state index contributed by atoms with van der Waals surface area (Å²) in [5.74, 6) is 5.80. The fourth-order valence-electron chi connectivity index (χ4n) is 4.59. The summed E-state index contributed by atoms with van der Waals surface area (Å²) < 4.78 is 42.6. The van der Waals surface area contributed by atoms with Gasteiger partial charge in [-0.15, -0.1) is 0 Å². The van der Waals surface area contributed by atoms with E-state index in [1.54, 1.807) is 40.6 Å². The Balaban J connectivity index is 0.000000151. The number of methoxy groups -OCH3 is 5. The molecule has 6 rings (SSSR count). The molecule has 0 radical (unpaired) electrons. The van der Waals surface area contributed by atoms with Crippen molar-refractivity contribution in [3.63, 3.8) is 0 Å². The molecule has 3 heterocycles. The zero-order valence-electron chi connectivity index (χ0n) is 26.4. The molecule has 3 aromatic carbocycles. The third-order valence-electron chi connectivity index (χ3n) is 6.87. The minimum Gasteiger partial charge on any atom is -0.504 e. The van der Waals surface area contributed by atoms with Gasteiger partial charge < -0.3 is 43.0 Å². The van der Waals surface area contributed by atoms with Gasteiger partial charge in [-0.2, -0.15) is 0 Å². The van der Waals surface area contributed by atoms with Crippen molar-refractivity contribution in [2.45, 2.75) is 32.5 Å². The first-order chi connectivity index (χ1) is 21.1. The van der Waals surface area contributed by atoms with Gasteiger partial charge in [0.1, 0.15) is 35.6 Å². The lowest BCUT2D eigenvalue weighted by Crippen LogP contribution is -2.27. The molecule has 3 aliphatic heterocycles. The molecule has 3 aromatic rings. The van der Waals surface area contributed by atoms with Crippen molar-refractivity contribution >= 4 is 18.2 Å². The zero-order chi connectivity index (χ0) is 31.9. The lowest BCUT2D eigenvalue weighted by atomic mass is 10.0. The largest absolute Gasteiger partial charge is 0.504 e. The number of ether oxygens (including phenoxy) is 8.